The predicted molar refractivity (Wildman–Crippen MR) is 63.7 cm³/mol. The van der Waals surface area contributed by atoms with Crippen LogP contribution < -0.4 is 4.74 Å². The Morgan fingerprint density at radius 3 is 2.80 bits per heavy atom. The normalized spacial score (nSPS) is 8.73. The van der Waals surface area contributed by atoms with Crippen LogP contribution in [0.25, 0.3) is 0 Å². The fourth-order valence-electron chi connectivity index (χ4n) is 1.04. The number of allylic oxidation sites excluding steroid dienone is 1. The first-order valence-electron chi connectivity index (χ1n) is 4.90. The topological polar surface area (TPSA) is 9.23 Å². The number of ether oxygens (including phenoxy) is 1. The van der Waals surface area contributed by atoms with E-state index < -0.39 is 0 Å². The monoisotopic (exact) mass is 318 g/mol. The van der Waals surface area contributed by atoms with Gasteiger partial charge in [0.25, 0.3) is 0 Å². The maximum atomic E-state index is 5.46. The van der Waals surface area contributed by atoms with Crippen LogP contribution in [0.5, 0.6) is 5.75 Å². The second kappa shape index (κ2) is 11.9. The number of benzene rings is 1. The third kappa shape index (κ3) is 8.83. The molecule has 0 aliphatic heterocycles. The summed E-state index contributed by atoms with van der Waals surface area (Å²) in [6.07, 6.45) is 5.24. The summed E-state index contributed by atoms with van der Waals surface area (Å²) in [5, 5.41) is 0. The van der Waals surface area contributed by atoms with Gasteiger partial charge in [0.2, 0.25) is 0 Å². The number of hydrogen-bond donors (Lipinski definition) is 0. The van der Waals surface area contributed by atoms with Crippen molar-refractivity contribution in [1.82, 2.24) is 0 Å². The van der Waals surface area contributed by atoms with Crippen LogP contribution in [-0.4, -0.2) is 6.61 Å². The fraction of sp³-hybridized carbons (Fsp3) is 0.333. The van der Waals surface area contributed by atoms with Gasteiger partial charge in [-0.2, -0.15) is 18.2 Å². The molecule has 0 fully saturated rings. The van der Waals surface area contributed by atoms with Crippen LogP contribution in [0.3, 0.4) is 0 Å². The molecule has 0 amide bonds. The molecule has 1 aromatic rings. The number of rotatable bonds is 6. The van der Waals surface area contributed by atoms with E-state index in [4.69, 9.17) is 4.74 Å². The van der Waals surface area contributed by atoms with E-state index in [1.165, 1.54) is 16.3 Å². The molecule has 0 aliphatic carbocycles. The third-order valence-electron chi connectivity index (χ3n) is 1.74. The van der Waals surface area contributed by atoms with Crippen LogP contribution >= 0.6 is 13.6 Å². The van der Waals surface area contributed by atoms with E-state index in [1.807, 2.05) is 30.3 Å². The number of halogens is 1. The fourth-order valence-corrected chi connectivity index (χ4v) is 1.04. The Hall–Kier alpha value is -0.137. The summed E-state index contributed by atoms with van der Waals surface area (Å²) < 4.78 is 5.46. The van der Waals surface area contributed by atoms with Gasteiger partial charge in [0, 0.05) is 5.75 Å². The van der Waals surface area contributed by atoms with Gasteiger partial charge in [-0.05, 0) is 19.3 Å². The maximum absolute atomic E-state index is 5.46. The zero-order valence-corrected chi connectivity index (χ0v) is 13.5. The molecule has 1 aromatic carbocycles. The van der Waals surface area contributed by atoms with E-state index in [-0.39, 0.29) is 0 Å². The van der Waals surface area contributed by atoms with Crippen molar-refractivity contribution in [2.24, 2.45) is 0 Å². The van der Waals surface area contributed by atoms with Crippen LogP contribution in [0.1, 0.15) is 19.3 Å². The molecule has 0 saturated carbocycles. The Kier molecular flexibility index (Phi) is 11.8. The third-order valence-corrected chi connectivity index (χ3v) is 1.74. The van der Waals surface area contributed by atoms with Crippen LogP contribution in [-0.2, 0) is 16.3 Å². The van der Waals surface area contributed by atoms with Gasteiger partial charge in [-0.3, -0.25) is 0 Å². The molecular weight excluding hydrogens is 305 g/mol. The molecule has 78 valence electrons. The van der Waals surface area contributed by atoms with Crippen molar-refractivity contribution in [2.75, 3.05) is 6.61 Å². The van der Waals surface area contributed by atoms with Crippen molar-refractivity contribution in [3.05, 3.63) is 43.0 Å². The van der Waals surface area contributed by atoms with Crippen molar-refractivity contribution < 1.29 is 21.1 Å². The zero-order chi connectivity index (χ0) is 11.4. The van der Waals surface area contributed by atoms with Gasteiger partial charge in [-0.25, -0.2) is 0 Å². The predicted octanol–water partition coefficient (Wildman–Crippen LogP) is 4.06. The molecule has 0 aromatic heterocycles. The van der Waals surface area contributed by atoms with Crippen LogP contribution in [0, 0.1) is 6.07 Å². The van der Waals surface area contributed by atoms with Crippen LogP contribution in [0.2, 0.25) is 0 Å². The van der Waals surface area contributed by atoms with E-state index in [2.05, 4.69) is 26.3 Å². The summed E-state index contributed by atoms with van der Waals surface area (Å²) >= 11 is 4.25. The minimum atomic E-state index is 0.772. The van der Waals surface area contributed by atoms with Crippen LogP contribution in [0.15, 0.2) is 36.9 Å². The molecule has 0 unspecified atom stereocenters. The molecular formula is C12H15BrOZn. The van der Waals surface area contributed by atoms with Gasteiger partial charge in [0.1, 0.15) is 0 Å². The molecule has 0 N–H and O–H groups in total. The first-order chi connectivity index (χ1) is 7.43. The molecule has 0 atom stereocenters. The molecule has 0 bridgehead atoms. The molecule has 3 heteroatoms. The zero-order valence-electron chi connectivity index (χ0n) is 8.92. The first-order valence-corrected chi connectivity index (χ1v) is 11.9. The molecule has 1 rings (SSSR count). The first kappa shape index (κ1) is 14.9. The summed E-state index contributed by atoms with van der Waals surface area (Å²) in [6.45, 7) is 4.44. The van der Waals surface area contributed by atoms with E-state index in [0.717, 1.165) is 31.6 Å². The quantitative estimate of drug-likeness (QED) is 0.332. The molecule has 15 heavy (non-hydrogen) atoms. The number of unbranched alkanes of at least 4 members (excludes halogenated alkanes) is 2. The average molecular weight is 321 g/mol. The van der Waals surface area contributed by atoms with Crippen molar-refractivity contribution >= 4 is 13.6 Å². The van der Waals surface area contributed by atoms with Gasteiger partial charge in [0.15, 0.2) is 0 Å². The van der Waals surface area contributed by atoms with E-state index in [9.17, 15) is 0 Å². The Balaban J connectivity index is 0.000000921. The Morgan fingerprint density at radius 2 is 2.20 bits per heavy atom. The molecule has 0 aliphatic rings. The Bertz CT molecular complexity index is 239. The Morgan fingerprint density at radius 1 is 1.40 bits per heavy atom. The molecule has 0 saturated heterocycles. The summed E-state index contributed by atoms with van der Waals surface area (Å²) in [7, 11) is 0. The number of hydrogen-bond acceptors (Lipinski definition) is 1. The van der Waals surface area contributed by atoms with E-state index >= 15 is 0 Å². The standard InChI is InChI=1S/C12H15O.BrH.Zn/c1-2-3-4-8-11-13-12-9-6-5-7-10-12;;/h2,5-7,9H,1,3-4,8,11H2;1H;/q-1;;+2/p-1. The summed E-state index contributed by atoms with van der Waals surface area (Å²) in [6, 6.07) is 10.7. The SMILES string of the molecule is C=CCCCCOc1[c-]cccc1.[Zn+][Br]. The van der Waals surface area contributed by atoms with E-state index in [0.29, 0.717) is 0 Å². The van der Waals surface area contributed by atoms with Gasteiger partial charge in [-0.1, -0.05) is 6.08 Å². The van der Waals surface area contributed by atoms with E-state index in [1.54, 1.807) is 0 Å². The average Bonchev–Trinajstić information content (AvgIpc) is 2.33. The minimum absolute atomic E-state index is 0.772. The summed E-state index contributed by atoms with van der Waals surface area (Å²) in [5.74, 6) is 0.834. The second-order valence-electron chi connectivity index (χ2n) is 2.86. The van der Waals surface area contributed by atoms with Gasteiger partial charge < -0.3 is 4.74 Å². The van der Waals surface area contributed by atoms with Gasteiger partial charge in [0.05, 0.1) is 6.61 Å². The number of para-hydroxylation sites is 1. The molecule has 0 radical (unpaired) electrons. The van der Waals surface area contributed by atoms with Crippen molar-refractivity contribution in [3.8, 4) is 5.75 Å². The van der Waals surface area contributed by atoms with Crippen molar-refractivity contribution in [2.45, 2.75) is 19.3 Å². The second-order valence-corrected chi connectivity index (χ2v) is 2.86. The van der Waals surface area contributed by atoms with Gasteiger partial charge >= 0.3 is 30.0 Å². The van der Waals surface area contributed by atoms with Crippen molar-refractivity contribution in [3.63, 3.8) is 0 Å². The van der Waals surface area contributed by atoms with Gasteiger partial charge in [-0.15, -0.1) is 18.7 Å². The molecule has 0 heterocycles. The molecule has 0 spiro atoms. The molecule has 1 nitrogen and oxygen atoms in total. The summed E-state index contributed by atoms with van der Waals surface area (Å²) in [5.41, 5.74) is 0. The Labute approximate surface area is 109 Å². The summed E-state index contributed by atoms with van der Waals surface area (Å²) in [4.78, 5) is 0. The van der Waals surface area contributed by atoms with Crippen molar-refractivity contribution in [1.29, 1.82) is 0 Å². The van der Waals surface area contributed by atoms with Crippen LogP contribution in [0.4, 0.5) is 0 Å².